The average Bonchev–Trinajstić information content (AvgIpc) is 2.05. The predicted octanol–water partition coefficient (Wildman–Crippen LogP) is 4.09. The van der Waals surface area contributed by atoms with E-state index in [2.05, 4.69) is 39.8 Å². The highest BCUT2D eigenvalue weighted by Crippen LogP contribution is 2.35. The van der Waals surface area contributed by atoms with Crippen LogP contribution < -0.4 is 0 Å². The van der Waals surface area contributed by atoms with Crippen LogP contribution in [0.3, 0.4) is 0 Å². The largest absolute Gasteiger partial charge is 0.0730 e. The minimum atomic E-state index is 0.414. The van der Waals surface area contributed by atoms with Gasteiger partial charge in [0.1, 0.15) is 0 Å². The summed E-state index contributed by atoms with van der Waals surface area (Å²) in [5.74, 6) is 0. The summed E-state index contributed by atoms with van der Waals surface area (Å²) in [6.07, 6.45) is 8.36. The maximum atomic E-state index is 2.34. The van der Waals surface area contributed by atoms with E-state index in [9.17, 15) is 0 Å². The highest BCUT2D eigenvalue weighted by molar-refractivity contribution is 5.26. The highest BCUT2D eigenvalue weighted by atomic mass is 14.3. The molecule has 0 aromatic carbocycles. The second-order valence-corrected chi connectivity index (χ2v) is 4.44. The van der Waals surface area contributed by atoms with Crippen LogP contribution in [0.15, 0.2) is 23.3 Å². The van der Waals surface area contributed by atoms with Gasteiger partial charge in [0.2, 0.25) is 0 Å². The lowest BCUT2D eigenvalue weighted by Gasteiger charge is -2.28. The first-order valence-corrected chi connectivity index (χ1v) is 4.93. The maximum absolute atomic E-state index is 2.34. The van der Waals surface area contributed by atoms with Gasteiger partial charge >= 0.3 is 0 Å². The van der Waals surface area contributed by atoms with Crippen LogP contribution in [-0.4, -0.2) is 0 Å². The monoisotopic (exact) mass is 164 g/mol. The number of hydrogen-bond donors (Lipinski definition) is 0. The zero-order chi connectivity index (χ0) is 9.19. The number of allylic oxidation sites excluding steroid dienone is 4. The molecule has 0 saturated carbocycles. The molecule has 0 nitrogen and oxygen atoms in total. The first-order chi connectivity index (χ1) is 5.56. The Morgan fingerprint density at radius 2 is 1.92 bits per heavy atom. The SMILES string of the molecule is CCC(C)(C)C1=CC=C(C)CC1. The fourth-order valence-electron chi connectivity index (χ4n) is 1.53. The molecule has 0 aromatic rings. The molecule has 0 heteroatoms. The van der Waals surface area contributed by atoms with E-state index in [1.165, 1.54) is 24.8 Å². The summed E-state index contributed by atoms with van der Waals surface area (Å²) in [4.78, 5) is 0. The lowest BCUT2D eigenvalue weighted by molar-refractivity contribution is 0.412. The molecule has 1 aliphatic carbocycles. The van der Waals surface area contributed by atoms with Crippen LogP contribution in [0.2, 0.25) is 0 Å². The molecule has 0 bridgehead atoms. The Balaban J connectivity index is 2.77. The van der Waals surface area contributed by atoms with Crippen molar-refractivity contribution in [1.29, 1.82) is 0 Å². The third-order valence-corrected chi connectivity index (χ3v) is 3.11. The molecule has 1 aliphatic rings. The van der Waals surface area contributed by atoms with E-state index in [1.54, 1.807) is 5.57 Å². The molecule has 0 aliphatic heterocycles. The van der Waals surface area contributed by atoms with Crippen molar-refractivity contribution in [2.75, 3.05) is 0 Å². The van der Waals surface area contributed by atoms with Gasteiger partial charge in [-0.25, -0.2) is 0 Å². The first-order valence-electron chi connectivity index (χ1n) is 4.93. The zero-order valence-corrected chi connectivity index (χ0v) is 8.78. The van der Waals surface area contributed by atoms with Crippen molar-refractivity contribution in [3.63, 3.8) is 0 Å². The fraction of sp³-hybridized carbons (Fsp3) is 0.667. The number of hydrogen-bond acceptors (Lipinski definition) is 0. The van der Waals surface area contributed by atoms with E-state index >= 15 is 0 Å². The molecule has 0 fully saturated rings. The molecule has 0 atom stereocenters. The molecule has 0 N–H and O–H groups in total. The lowest BCUT2D eigenvalue weighted by Crippen LogP contribution is -2.14. The van der Waals surface area contributed by atoms with Crippen molar-refractivity contribution >= 4 is 0 Å². The average molecular weight is 164 g/mol. The van der Waals surface area contributed by atoms with Crippen molar-refractivity contribution in [3.05, 3.63) is 23.3 Å². The Kier molecular flexibility index (Phi) is 2.76. The third kappa shape index (κ3) is 2.00. The van der Waals surface area contributed by atoms with Crippen LogP contribution in [0.25, 0.3) is 0 Å². The van der Waals surface area contributed by atoms with Crippen molar-refractivity contribution in [2.24, 2.45) is 5.41 Å². The summed E-state index contributed by atoms with van der Waals surface area (Å²) in [6.45, 7) is 9.17. The Morgan fingerprint density at radius 1 is 1.25 bits per heavy atom. The smallest absolute Gasteiger partial charge is 0.0144 e. The summed E-state index contributed by atoms with van der Waals surface area (Å²) in [6, 6.07) is 0. The Morgan fingerprint density at radius 3 is 2.33 bits per heavy atom. The molecule has 0 amide bonds. The lowest BCUT2D eigenvalue weighted by atomic mass is 9.77. The second-order valence-electron chi connectivity index (χ2n) is 4.44. The van der Waals surface area contributed by atoms with Crippen molar-refractivity contribution < 1.29 is 0 Å². The summed E-state index contributed by atoms with van der Waals surface area (Å²) >= 11 is 0. The summed E-state index contributed by atoms with van der Waals surface area (Å²) in [5, 5.41) is 0. The molecule has 12 heavy (non-hydrogen) atoms. The van der Waals surface area contributed by atoms with Gasteiger partial charge < -0.3 is 0 Å². The van der Waals surface area contributed by atoms with Gasteiger partial charge in [0.05, 0.1) is 0 Å². The van der Waals surface area contributed by atoms with Gasteiger partial charge in [-0.15, -0.1) is 0 Å². The second kappa shape index (κ2) is 3.47. The van der Waals surface area contributed by atoms with Crippen LogP contribution in [-0.2, 0) is 0 Å². The van der Waals surface area contributed by atoms with E-state index in [0.717, 1.165) is 0 Å². The summed E-state index contributed by atoms with van der Waals surface area (Å²) in [7, 11) is 0. The molecular formula is C12H20. The number of rotatable bonds is 2. The van der Waals surface area contributed by atoms with Gasteiger partial charge in [0, 0.05) is 0 Å². The predicted molar refractivity (Wildman–Crippen MR) is 55.1 cm³/mol. The molecule has 68 valence electrons. The molecule has 0 unspecified atom stereocenters. The normalized spacial score (nSPS) is 18.7. The van der Waals surface area contributed by atoms with Crippen molar-refractivity contribution in [1.82, 2.24) is 0 Å². The zero-order valence-electron chi connectivity index (χ0n) is 8.78. The van der Waals surface area contributed by atoms with Crippen LogP contribution in [0, 0.1) is 5.41 Å². The standard InChI is InChI=1S/C12H20/c1-5-12(3,4)11-8-6-10(2)7-9-11/h6,8H,5,7,9H2,1-4H3. The minimum Gasteiger partial charge on any atom is -0.0730 e. The molecule has 0 spiro atoms. The van der Waals surface area contributed by atoms with E-state index in [0.29, 0.717) is 5.41 Å². The van der Waals surface area contributed by atoms with Gasteiger partial charge in [-0.2, -0.15) is 0 Å². The van der Waals surface area contributed by atoms with Gasteiger partial charge in [0.25, 0.3) is 0 Å². The molecular weight excluding hydrogens is 144 g/mol. The fourth-order valence-corrected chi connectivity index (χ4v) is 1.53. The Hall–Kier alpha value is -0.520. The van der Waals surface area contributed by atoms with E-state index < -0.39 is 0 Å². The van der Waals surface area contributed by atoms with Crippen LogP contribution >= 0.6 is 0 Å². The van der Waals surface area contributed by atoms with Crippen LogP contribution in [0.1, 0.15) is 47.0 Å². The van der Waals surface area contributed by atoms with Crippen LogP contribution in [0.4, 0.5) is 0 Å². The maximum Gasteiger partial charge on any atom is -0.0144 e. The van der Waals surface area contributed by atoms with Gasteiger partial charge in [-0.3, -0.25) is 0 Å². The first kappa shape index (κ1) is 9.57. The van der Waals surface area contributed by atoms with Gasteiger partial charge in [-0.05, 0) is 31.6 Å². The Labute approximate surface area is 76.4 Å². The molecule has 1 rings (SSSR count). The summed E-state index contributed by atoms with van der Waals surface area (Å²) in [5.41, 5.74) is 3.55. The van der Waals surface area contributed by atoms with E-state index in [4.69, 9.17) is 0 Å². The van der Waals surface area contributed by atoms with Crippen molar-refractivity contribution in [3.8, 4) is 0 Å². The van der Waals surface area contributed by atoms with Crippen molar-refractivity contribution in [2.45, 2.75) is 47.0 Å². The molecule has 0 aromatic heterocycles. The summed E-state index contributed by atoms with van der Waals surface area (Å²) < 4.78 is 0. The molecule has 0 heterocycles. The molecule has 0 saturated heterocycles. The topological polar surface area (TPSA) is 0 Å². The third-order valence-electron chi connectivity index (χ3n) is 3.11. The quantitative estimate of drug-likeness (QED) is 0.576. The van der Waals surface area contributed by atoms with Gasteiger partial charge in [0.15, 0.2) is 0 Å². The van der Waals surface area contributed by atoms with E-state index in [-0.39, 0.29) is 0 Å². The van der Waals surface area contributed by atoms with Crippen LogP contribution in [0.5, 0.6) is 0 Å². The van der Waals surface area contributed by atoms with E-state index in [1.807, 2.05) is 0 Å². The van der Waals surface area contributed by atoms with Gasteiger partial charge in [-0.1, -0.05) is 44.1 Å². The Bertz CT molecular complexity index is 216. The minimum absolute atomic E-state index is 0.414. The molecule has 0 radical (unpaired) electrons. The highest BCUT2D eigenvalue weighted by Gasteiger charge is 2.21.